The molecule has 1 aliphatic heterocycles. The Hall–Kier alpha value is -2.07. The van der Waals surface area contributed by atoms with Gasteiger partial charge >= 0.3 is 12.1 Å². The first kappa shape index (κ1) is 15.3. The van der Waals surface area contributed by atoms with E-state index in [9.17, 15) is 18.0 Å². The second-order valence-corrected chi connectivity index (χ2v) is 4.93. The van der Waals surface area contributed by atoms with Crippen LogP contribution in [-0.2, 0) is 11.0 Å². The highest BCUT2D eigenvalue weighted by Crippen LogP contribution is 2.33. The average molecular weight is 313 g/mol. The van der Waals surface area contributed by atoms with Crippen LogP contribution in [-0.4, -0.2) is 33.6 Å². The molecule has 0 amide bonds. The molecule has 2 rings (SSSR count). The first-order valence-corrected chi connectivity index (χ1v) is 6.38. The molecule has 1 aliphatic rings. The van der Waals surface area contributed by atoms with Crippen molar-refractivity contribution >= 4 is 23.2 Å². The quantitative estimate of drug-likeness (QED) is 0.673. The van der Waals surface area contributed by atoms with Crippen molar-refractivity contribution in [3.05, 3.63) is 34.9 Å². The Kier molecular flexibility index (Phi) is 3.92. The number of rotatable bonds is 2. The van der Waals surface area contributed by atoms with Crippen LogP contribution in [0.25, 0.3) is 0 Å². The number of hydrogen-bond donors (Lipinski definition) is 1. The number of thiocarbonyl (C=S) groups is 1. The number of carboxylic acids is 1. The van der Waals surface area contributed by atoms with Crippen molar-refractivity contribution in [1.82, 2.24) is 4.90 Å². The number of halogens is 3. The standard InChI is InChI=1S/C14H10F3NO2S/c1-2-8-3-4-9(7-10(8)14(15,16)17)12(21)18-6-5-11(18)13(19)20/h1,3-4,7,11H,5-6H2,(H,19,20)/t11-/m1/s1. The summed E-state index contributed by atoms with van der Waals surface area (Å²) in [5.41, 5.74) is -1.08. The number of benzene rings is 1. The van der Waals surface area contributed by atoms with Gasteiger partial charge in [0, 0.05) is 17.7 Å². The summed E-state index contributed by atoms with van der Waals surface area (Å²) in [6.45, 7) is 0.411. The van der Waals surface area contributed by atoms with Gasteiger partial charge in [-0.1, -0.05) is 24.2 Å². The maximum Gasteiger partial charge on any atom is 0.417 e. The third kappa shape index (κ3) is 2.85. The van der Waals surface area contributed by atoms with E-state index >= 15 is 0 Å². The molecule has 0 aliphatic carbocycles. The topological polar surface area (TPSA) is 40.5 Å². The second-order valence-electron chi connectivity index (χ2n) is 4.54. The van der Waals surface area contributed by atoms with Crippen molar-refractivity contribution in [3.63, 3.8) is 0 Å². The van der Waals surface area contributed by atoms with Gasteiger partial charge in [-0.15, -0.1) is 6.42 Å². The van der Waals surface area contributed by atoms with E-state index in [0.717, 1.165) is 6.07 Å². The van der Waals surface area contributed by atoms with Crippen LogP contribution < -0.4 is 0 Å². The fraction of sp³-hybridized carbons (Fsp3) is 0.286. The molecule has 0 unspecified atom stereocenters. The molecule has 0 bridgehead atoms. The van der Waals surface area contributed by atoms with Crippen LogP contribution in [0.2, 0.25) is 0 Å². The Morgan fingerprint density at radius 3 is 2.57 bits per heavy atom. The van der Waals surface area contributed by atoms with Gasteiger partial charge in [-0.25, -0.2) is 4.79 Å². The summed E-state index contributed by atoms with van der Waals surface area (Å²) in [5.74, 6) is 0.940. The van der Waals surface area contributed by atoms with Crippen molar-refractivity contribution in [2.45, 2.75) is 18.6 Å². The lowest BCUT2D eigenvalue weighted by Crippen LogP contribution is -2.54. The summed E-state index contributed by atoms with van der Waals surface area (Å²) < 4.78 is 38.8. The van der Waals surface area contributed by atoms with Crippen LogP contribution in [0.3, 0.4) is 0 Å². The van der Waals surface area contributed by atoms with Gasteiger partial charge in [-0.3, -0.25) is 0 Å². The summed E-state index contributed by atoms with van der Waals surface area (Å²) in [7, 11) is 0. The van der Waals surface area contributed by atoms with Crippen molar-refractivity contribution in [3.8, 4) is 12.3 Å². The number of alkyl halides is 3. The molecule has 7 heteroatoms. The number of carbonyl (C=O) groups is 1. The van der Waals surface area contributed by atoms with E-state index < -0.39 is 23.8 Å². The summed E-state index contributed by atoms with van der Waals surface area (Å²) in [6.07, 6.45) is 0.893. The Bertz CT molecular complexity index is 649. The Labute approximate surface area is 124 Å². The lowest BCUT2D eigenvalue weighted by Gasteiger charge is -2.40. The van der Waals surface area contributed by atoms with Crippen LogP contribution in [0.4, 0.5) is 13.2 Å². The molecular weight excluding hydrogens is 303 g/mol. The summed E-state index contributed by atoms with van der Waals surface area (Å²) >= 11 is 5.10. The molecule has 1 aromatic rings. The number of hydrogen-bond acceptors (Lipinski definition) is 2. The molecule has 0 spiro atoms. The van der Waals surface area contributed by atoms with Gasteiger partial charge in [0.25, 0.3) is 0 Å². The minimum Gasteiger partial charge on any atom is -0.480 e. The molecule has 0 saturated carbocycles. The van der Waals surface area contributed by atoms with Crippen molar-refractivity contribution in [2.24, 2.45) is 0 Å². The number of likely N-dealkylation sites (tertiary alicyclic amines) is 1. The van der Waals surface area contributed by atoms with Gasteiger partial charge in [0.1, 0.15) is 11.0 Å². The van der Waals surface area contributed by atoms with Gasteiger partial charge in [-0.2, -0.15) is 13.2 Å². The smallest absolute Gasteiger partial charge is 0.417 e. The highest BCUT2D eigenvalue weighted by Gasteiger charge is 2.37. The van der Waals surface area contributed by atoms with Crippen LogP contribution in [0, 0.1) is 12.3 Å². The zero-order valence-corrected chi connectivity index (χ0v) is 11.5. The lowest BCUT2D eigenvalue weighted by atomic mass is 9.99. The van der Waals surface area contributed by atoms with E-state index in [4.69, 9.17) is 23.7 Å². The highest BCUT2D eigenvalue weighted by atomic mass is 32.1. The van der Waals surface area contributed by atoms with Gasteiger partial charge in [0.05, 0.1) is 5.56 Å². The molecule has 1 atom stereocenters. The van der Waals surface area contributed by atoms with E-state index in [1.54, 1.807) is 0 Å². The molecular formula is C14H10F3NO2S. The number of nitrogens with zero attached hydrogens (tertiary/aromatic N) is 1. The first-order valence-electron chi connectivity index (χ1n) is 5.97. The van der Waals surface area contributed by atoms with Crippen molar-refractivity contribution < 1.29 is 23.1 Å². The van der Waals surface area contributed by atoms with Crippen LogP contribution in [0.1, 0.15) is 23.1 Å². The van der Waals surface area contributed by atoms with Gasteiger partial charge < -0.3 is 10.0 Å². The normalized spacial score (nSPS) is 17.8. The average Bonchev–Trinajstić information content (AvgIpc) is 2.34. The molecule has 21 heavy (non-hydrogen) atoms. The molecule has 0 aromatic heterocycles. The molecule has 1 heterocycles. The molecule has 110 valence electrons. The fourth-order valence-electron chi connectivity index (χ4n) is 2.09. The number of aliphatic carboxylic acids is 1. The summed E-state index contributed by atoms with van der Waals surface area (Å²) in [4.78, 5) is 12.4. The zero-order valence-electron chi connectivity index (χ0n) is 10.6. The summed E-state index contributed by atoms with van der Waals surface area (Å²) in [5, 5.41) is 8.96. The van der Waals surface area contributed by atoms with Crippen LogP contribution >= 0.6 is 12.2 Å². The van der Waals surface area contributed by atoms with E-state index in [1.807, 2.05) is 5.92 Å². The second kappa shape index (κ2) is 5.37. The summed E-state index contributed by atoms with van der Waals surface area (Å²) in [6, 6.07) is 2.64. The maximum absolute atomic E-state index is 12.9. The third-order valence-electron chi connectivity index (χ3n) is 3.29. The Morgan fingerprint density at radius 2 is 2.14 bits per heavy atom. The number of terminal acetylenes is 1. The maximum atomic E-state index is 12.9. The number of carboxylic acid groups (broad SMARTS) is 1. The molecule has 1 saturated heterocycles. The monoisotopic (exact) mass is 313 g/mol. The van der Waals surface area contributed by atoms with Gasteiger partial charge in [0.15, 0.2) is 0 Å². The largest absolute Gasteiger partial charge is 0.480 e. The highest BCUT2D eigenvalue weighted by molar-refractivity contribution is 7.80. The predicted molar refractivity (Wildman–Crippen MR) is 73.8 cm³/mol. The Balaban J connectivity index is 2.36. The van der Waals surface area contributed by atoms with Crippen molar-refractivity contribution in [1.29, 1.82) is 0 Å². The van der Waals surface area contributed by atoms with E-state index in [2.05, 4.69) is 0 Å². The van der Waals surface area contributed by atoms with Gasteiger partial charge in [0.2, 0.25) is 0 Å². The van der Waals surface area contributed by atoms with E-state index in [0.29, 0.717) is 13.0 Å². The molecule has 1 N–H and O–H groups in total. The molecule has 1 fully saturated rings. The fourth-order valence-corrected chi connectivity index (χ4v) is 2.44. The Morgan fingerprint density at radius 1 is 1.48 bits per heavy atom. The predicted octanol–water partition coefficient (Wildman–Crippen LogP) is 2.52. The van der Waals surface area contributed by atoms with E-state index in [1.165, 1.54) is 17.0 Å². The molecule has 1 aromatic carbocycles. The van der Waals surface area contributed by atoms with E-state index in [-0.39, 0.29) is 16.1 Å². The molecule has 3 nitrogen and oxygen atoms in total. The molecule has 0 radical (unpaired) electrons. The van der Waals surface area contributed by atoms with Gasteiger partial charge in [-0.05, 0) is 18.6 Å². The SMILES string of the molecule is C#Cc1ccc(C(=S)N2CC[C@@H]2C(=O)O)cc1C(F)(F)F. The first-order chi connectivity index (χ1) is 9.75. The zero-order chi connectivity index (χ0) is 15.8. The third-order valence-corrected chi connectivity index (χ3v) is 3.76. The lowest BCUT2D eigenvalue weighted by molar-refractivity contribution is -0.145. The minimum absolute atomic E-state index is 0.0859. The van der Waals surface area contributed by atoms with Crippen molar-refractivity contribution in [2.75, 3.05) is 6.54 Å². The minimum atomic E-state index is -4.59. The van der Waals surface area contributed by atoms with Crippen LogP contribution in [0.5, 0.6) is 0 Å². The van der Waals surface area contributed by atoms with Crippen LogP contribution in [0.15, 0.2) is 18.2 Å².